The van der Waals surface area contributed by atoms with Gasteiger partial charge in [0.25, 0.3) is 0 Å². The summed E-state index contributed by atoms with van der Waals surface area (Å²) < 4.78 is 11.2. The average molecular weight is 390 g/mol. The number of carbonyl (C=O) groups is 1. The molecule has 29 heavy (non-hydrogen) atoms. The summed E-state index contributed by atoms with van der Waals surface area (Å²) in [6.07, 6.45) is 3.93. The van der Waals surface area contributed by atoms with Crippen LogP contribution in [0.4, 0.5) is 0 Å². The molecule has 0 saturated heterocycles. The van der Waals surface area contributed by atoms with Gasteiger partial charge in [0.2, 0.25) is 11.8 Å². The van der Waals surface area contributed by atoms with Crippen molar-refractivity contribution in [2.24, 2.45) is 0 Å². The first-order valence-corrected chi connectivity index (χ1v) is 9.89. The molecule has 1 amide bonds. The van der Waals surface area contributed by atoms with Crippen molar-refractivity contribution in [2.75, 3.05) is 6.61 Å². The van der Waals surface area contributed by atoms with Crippen molar-refractivity contribution < 1.29 is 14.3 Å². The molecule has 0 atom stereocenters. The van der Waals surface area contributed by atoms with Crippen LogP contribution in [0, 0.1) is 0 Å². The second-order valence-corrected chi connectivity index (χ2v) is 6.62. The number of hydrogen-bond donors (Lipinski definition) is 1. The van der Waals surface area contributed by atoms with Crippen molar-refractivity contribution in [3.63, 3.8) is 0 Å². The molecule has 0 spiro atoms. The van der Waals surface area contributed by atoms with Crippen LogP contribution in [0.1, 0.15) is 30.9 Å². The predicted octanol–water partition coefficient (Wildman–Crippen LogP) is 4.91. The van der Waals surface area contributed by atoms with Gasteiger partial charge in [0, 0.05) is 25.2 Å². The first kappa shape index (κ1) is 20.4. The first-order valence-electron chi connectivity index (χ1n) is 9.89. The smallest absolute Gasteiger partial charge is 0.220 e. The Labute approximate surface area is 171 Å². The maximum atomic E-state index is 12.1. The van der Waals surface area contributed by atoms with E-state index in [-0.39, 0.29) is 5.91 Å². The van der Waals surface area contributed by atoms with E-state index >= 15 is 0 Å². The predicted molar refractivity (Wildman–Crippen MR) is 113 cm³/mol. The minimum absolute atomic E-state index is 0.0479. The van der Waals surface area contributed by atoms with E-state index in [4.69, 9.17) is 9.47 Å². The summed E-state index contributed by atoms with van der Waals surface area (Å²) in [7, 11) is 0. The lowest BCUT2D eigenvalue weighted by Gasteiger charge is -2.09. The fourth-order valence-electron chi connectivity index (χ4n) is 2.89. The van der Waals surface area contributed by atoms with Crippen molar-refractivity contribution in [3.05, 3.63) is 84.1 Å². The second-order valence-electron chi connectivity index (χ2n) is 6.62. The number of aryl methyl sites for hydroxylation is 1. The summed E-state index contributed by atoms with van der Waals surface area (Å²) in [5.41, 5.74) is 2.20. The van der Waals surface area contributed by atoms with Crippen LogP contribution < -0.4 is 14.8 Å². The van der Waals surface area contributed by atoms with E-state index in [1.165, 1.54) is 5.56 Å². The van der Waals surface area contributed by atoms with Gasteiger partial charge in [-0.05, 0) is 61.2 Å². The van der Waals surface area contributed by atoms with Crippen molar-refractivity contribution in [1.29, 1.82) is 0 Å². The van der Waals surface area contributed by atoms with E-state index < -0.39 is 0 Å². The Morgan fingerprint density at radius 3 is 2.48 bits per heavy atom. The van der Waals surface area contributed by atoms with Gasteiger partial charge >= 0.3 is 0 Å². The highest BCUT2D eigenvalue weighted by atomic mass is 16.5. The summed E-state index contributed by atoms with van der Waals surface area (Å²) in [6.45, 7) is 3.02. The van der Waals surface area contributed by atoms with Crippen LogP contribution in [-0.4, -0.2) is 17.5 Å². The van der Waals surface area contributed by atoms with Gasteiger partial charge in [-0.2, -0.15) is 0 Å². The maximum absolute atomic E-state index is 12.1. The van der Waals surface area contributed by atoms with Crippen LogP contribution in [-0.2, 0) is 17.8 Å². The number of ether oxygens (including phenoxy) is 2. The van der Waals surface area contributed by atoms with Gasteiger partial charge in [0.1, 0.15) is 11.5 Å². The molecule has 150 valence electrons. The van der Waals surface area contributed by atoms with Crippen LogP contribution in [0.2, 0.25) is 0 Å². The molecule has 1 heterocycles. The van der Waals surface area contributed by atoms with Crippen LogP contribution in [0.3, 0.4) is 0 Å². The van der Waals surface area contributed by atoms with Gasteiger partial charge in [0.05, 0.1) is 6.61 Å². The lowest BCUT2D eigenvalue weighted by Crippen LogP contribution is -2.22. The molecule has 3 rings (SSSR count). The number of rotatable bonds is 10. The van der Waals surface area contributed by atoms with E-state index in [9.17, 15) is 4.79 Å². The van der Waals surface area contributed by atoms with E-state index in [0.29, 0.717) is 31.2 Å². The van der Waals surface area contributed by atoms with Crippen LogP contribution in [0.25, 0.3) is 0 Å². The summed E-state index contributed by atoms with van der Waals surface area (Å²) in [6, 6.07) is 21.3. The zero-order valence-electron chi connectivity index (χ0n) is 16.6. The summed E-state index contributed by atoms with van der Waals surface area (Å²) in [4.78, 5) is 16.3. The first-order chi connectivity index (χ1) is 14.2. The maximum Gasteiger partial charge on any atom is 0.220 e. The molecule has 0 radical (unpaired) electrons. The number of nitrogens with zero attached hydrogens (tertiary/aromatic N) is 1. The minimum Gasteiger partial charge on any atom is -0.494 e. The molecule has 0 aliphatic rings. The molecule has 0 unspecified atom stereocenters. The highest BCUT2D eigenvalue weighted by Gasteiger charge is 2.05. The molecule has 0 aliphatic heterocycles. The van der Waals surface area contributed by atoms with Gasteiger partial charge < -0.3 is 14.8 Å². The molecule has 0 saturated carbocycles. The molecule has 5 nitrogen and oxygen atoms in total. The van der Waals surface area contributed by atoms with E-state index in [0.717, 1.165) is 24.2 Å². The molecule has 3 aromatic rings. The molecular weight excluding hydrogens is 364 g/mol. The lowest BCUT2D eigenvalue weighted by atomic mass is 10.1. The number of pyridine rings is 1. The number of aromatic nitrogens is 1. The van der Waals surface area contributed by atoms with Crippen LogP contribution in [0.5, 0.6) is 17.4 Å². The zero-order chi connectivity index (χ0) is 20.3. The topological polar surface area (TPSA) is 60.5 Å². The normalized spacial score (nSPS) is 10.4. The van der Waals surface area contributed by atoms with Gasteiger partial charge in [-0.3, -0.25) is 4.79 Å². The third kappa shape index (κ3) is 6.96. The summed E-state index contributed by atoms with van der Waals surface area (Å²) in [5, 5.41) is 2.96. The molecule has 0 aliphatic carbocycles. The molecule has 1 N–H and O–H groups in total. The van der Waals surface area contributed by atoms with Crippen molar-refractivity contribution in [1.82, 2.24) is 10.3 Å². The Kier molecular flexibility index (Phi) is 7.63. The number of nitrogens with one attached hydrogen (secondary N) is 1. The molecule has 2 aromatic carbocycles. The molecule has 0 fully saturated rings. The fraction of sp³-hybridized carbons (Fsp3) is 0.250. The Morgan fingerprint density at radius 1 is 0.966 bits per heavy atom. The molecule has 1 aromatic heterocycles. The van der Waals surface area contributed by atoms with Crippen molar-refractivity contribution in [2.45, 2.75) is 32.7 Å². The van der Waals surface area contributed by atoms with Gasteiger partial charge in [-0.1, -0.05) is 30.3 Å². The quantitative estimate of drug-likeness (QED) is 0.534. The van der Waals surface area contributed by atoms with Crippen molar-refractivity contribution >= 4 is 5.91 Å². The lowest BCUT2D eigenvalue weighted by molar-refractivity contribution is -0.121. The van der Waals surface area contributed by atoms with E-state index in [1.54, 1.807) is 6.20 Å². The molecular formula is C24H26N2O3. The monoisotopic (exact) mass is 390 g/mol. The molecule has 0 bridgehead atoms. The van der Waals surface area contributed by atoms with E-state index in [2.05, 4.69) is 22.4 Å². The zero-order valence-corrected chi connectivity index (χ0v) is 16.6. The van der Waals surface area contributed by atoms with Crippen molar-refractivity contribution in [3.8, 4) is 17.4 Å². The van der Waals surface area contributed by atoms with Gasteiger partial charge in [-0.15, -0.1) is 0 Å². The third-order valence-corrected chi connectivity index (χ3v) is 4.36. The standard InChI is InChI=1S/C24H26N2O3/c1-2-28-21-11-13-22(14-12-21)29-24-17-20(15-16-25-24)18-26-23(27)10-6-9-19-7-4-3-5-8-19/h3-5,7-8,11-17H,2,6,9-10,18H2,1H3,(H,26,27). The third-order valence-electron chi connectivity index (χ3n) is 4.36. The number of carbonyl (C=O) groups excluding carboxylic acids is 1. The Balaban J connectivity index is 1.44. The number of hydrogen-bond acceptors (Lipinski definition) is 4. The van der Waals surface area contributed by atoms with Gasteiger partial charge in [-0.25, -0.2) is 4.98 Å². The average Bonchev–Trinajstić information content (AvgIpc) is 2.75. The Morgan fingerprint density at radius 2 is 1.72 bits per heavy atom. The minimum atomic E-state index is 0.0479. The Hall–Kier alpha value is -3.34. The van der Waals surface area contributed by atoms with E-state index in [1.807, 2.05) is 61.5 Å². The highest BCUT2D eigenvalue weighted by Crippen LogP contribution is 2.23. The summed E-state index contributed by atoms with van der Waals surface area (Å²) >= 11 is 0. The molecule has 5 heteroatoms. The number of benzene rings is 2. The Bertz CT molecular complexity index is 896. The SMILES string of the molecule is CCOc1ccc(Oc2cc(CNC(=O)CCCc3ccccc3)ccn2)cc1. The second kappa shape index (κ2) is 10.9. The largest absolute Gasteiger partial charge is 0.494 e. The van der Waals surface area contributed by atoms with Gasteiger partial charge in [0.15, 0.2) is 0 Å². The fourth-order valence-corrected chi connectivity index (χ4v) is 2.89. The highest BCUT2D eigenvalue weighted by molar-refractivity contribution is 5.75. The van der Waals surface area contributed by atoms with Crippen LogP contribution in [0.15, 0.2) is 72.9 Å². The van der Waals surface area contributed by atoms with Crippen LogP contribution >= 0.6 is 0 Å². The summed E-state index contributed by atoms with van der Waals surface area (Å²) in [5.74, 6) is 2.02. The number of amides is 1.